The van der Waals surface area contributed by atoms with Crippen LogP contribution in [0, 0.1) is 0 Å². The van der Waals surface area contributed by atoms with Crippen molar-refractivity contribution in [1.29, 1.82) is 0 Å². The fourth-order valence-electron chi connectivity index (χ4n) is 1.47. The van der Waals surface area contributed by atoms with Gasteiger partial charge in [-0.2, -0.15) is 0 Å². The normalized spacial score (nSPS) is 12.5. The van der Waals surface area contributed by atoms with Crippen LogP contribution in [-0.4, -0.2) is 11.2 Å². The molecule has 0 radical (unpaired) electrons. The zero-order chi connectivity index (χ0) is 11.3. The molecule has 0 fully saturated rings. The summed E-state index contributed by atoms with van der Waals surface area (Å²) in [6.45, 7) is 4.10. The number of aliphatic hydroxyl groups is 1. The Labute approximate surface area is 95.8 Å². The molecule has 0 saturated carbocycles. The van der Waals surface area contributed by atoms with Crippen LogP contribution in [0.1, 0.15) is 32.3 Å². The van der Waals surface area contributed by atoms with E-state index >= 15 is 0 Å². The monoisotopic (exact) mass is 228 g/mol. The summed E-state index contributed by atoms with van der Waals surface area (Å²) in [6, 6.07) is 5.31. The second-order valence-corrected chi connectivity index (χ2v) is 4.06. The third-order valence-corrected chi connectivity index (χ3v) is 2.45. The Balaban J connectivity index is 2.75. The molecule has 0 amide bonds. The molecular weight excluding hydrogens is 212 g/mol. The molecular formula is C12H17ClO2. The van der Waals surface area contributed by atoms with Crippen molar-refractivity contribution in [1.82, 2.24) is 0 Å². The molecule has 0 saturated heterocycles. The number of halogens is 1. The van der Waals surface area contributed by atoms with Crippen molar-refractivity contribution in [2.45, 2.75) is 39.4 Å². The summed E-state index contributed by atoms with van der Waals surface area (Å²) in [5, 5.41) is 9.77. The maximum Gasteiger partial charge on any atom is 0.125 e. The molecule has 1 rings (SSSR count). The van der Waals surface area contributed by atoms with Crippen LogP contribution in [0.5, 0.6) is 5.75 Å². The maximum atomic E-state index is 9.15. The fourth-order valence-corrected chi connectivity index (χ4v) is 1.66. The standard InChI is InChI=1S/C12H17ClO2/c1-3-4-9(2)15-12-6-5-11(13)7-10(12)8-14/h5-7,9,14H,3-4,8H2,1-2H3. The van der Waals surface area contributed by atoms with Crippen molar-refractivity contribution in [3.05, 3.63) is 28.8 Å². The van der Waals surface area contributed by atoms with Gasteiger partial charge >= 0.3 is 0 Å². The number of hydrogen-bond donors (Lipinski definition) is 1. The molecule has 15 heavy (non-hydrogen) atoms. The van der Waals surface area contributed by atoms with E-state index in [9.17, 15) is 0 Å². The van der Waals surface area contributed by atoms with Crippen LogP contribution in [0.4, 0.5) is 0 Å². The van der Waals surface area contributed by atoms with E-state index in [1.165, 1.54) is 0 Å². The van der Waals surface area contributed by atoms with Crippen molar-refractivity contribution < 1.29 is 9.84 Å². The molecule has 0 aromatic heterocycles. The second-order valence-electron chi connectivity index (χ2n) is 3.63. The highest BCUT2D eigenvalue weighted by atomic mass is 35.5. The van der Waals surface area contributed by atoms with Crippen molar-refractivity contribution in [2.75, 3.05) is 0 Å². The van der Waals surface area contributed by atoms with Gasteiger partial charge in [0.25, 0.3) is 0 Å². The third-order valence-electron chi connectivity index (χ3n) is 2.22. The van der Waals surface area contributed by atoms with Gasteiger partial charge in [0.2, 0.25) is 0 Å². The fraction of sp³-hybridized carbons (Fsp3) is 0.500. The summed E-state index contributed by atoms with van der Waals surface area (Å²) in [5.74, 6) is 0.725. The van der Waals surface area contributed by atoms with Crippen LogP contribution in [0.3, 0.4) is 0 Å². The van der Waals surface area contributed by atoms with Gasteiger partial charge < -0.3 is 9.84 Å². The van der Waals surface area contributed by atoms with Crippen LogP contribution in [0.25, 0.3) is 0 Å². The van der Waals surface area contributed by atoms with Crippen LogP contribution in [0.2, 0.25) is 5.02 Å². The predicted molar refractivity (Wildman–Crippen MR) is 62.4 cm³/mol. The van der Waals surface area contributed by atoms with E-state index in [0.29, 0.717) is 5.02 Å². The summed E-state index contributed by atoms with van der Waals surface area (Å²) < 4.78 is 5.71. The number of ether oxygens (including phenoxy) is 1. The average Bonchev–Trinajstić information content (AvgIpc) is 2.21. The number of rotatable bonds is 5. The molecule has 1 aromatic carbocycles. The van der Waals surface area contributed by atoms with Gasteiger partial charge in [0.1, 0.15) is 5.75 Å². The number of aliphatic hydroxyl groups excluding tert-OH is 1. The van der Waals surface area contributed by atoms with Gasteiger partial charge in [-0.15, -0.1) is 0 Å². The smallest absolute Gasteiger partial charge is 0.125 e. The Morgan fingerprint density at radius 2 is 2.20 bits per heavy atom. The van der Waals surface area contributed by atoms with E-state index in [4.69, 9.17) is 21.4 Å². The van der Waals surface area contributed by atoms with E-state index in [1.807, 2.05) is 6.92 Å². The van der Waals surface area contributed by atoms with Gasteiger partial charge in [0.05, 0.1) is 12.7 Å². The highest BCUT2D eigenvalue weighted by molar-refractivity contribution is 6.30. The lowest BCUT2D eigenvalue weighted by molar-refractivity contribution is 0.199. The SMILES string of the molecule is CCCC(C)Oc1ccc(Cl)cc1CO. The molecule has 0 aliphatic carbocycles. The van der Waals surface area contributed by atoms with Crippen molar-refractivity contribution in [3.8, 4) is 5.75 Å². The topological polar surface area (TPSA) is 29.5 Å². The minimum atomic E-state index is -0.0469. The first-order valence-corrected chi connectivity index (χ1v) is 5.61. The van der Waals surface area contributed by atoms with E-state index < -0.39 is 0 Å². The first-order valence-electron chi connectivity index (χ1n) is 5.23. The Hall–Kier alpha value is -0.730. The van der Waals surface area contributed by atoms with Gasteiger partial charge in [0, 0.05) is 10.6 Å². The third kappa shape index (κ3) is 3.73. The second kappa shape index (κ2) is 5.99. The predicted octanol–water partition coefficient (Wildman–Crippen LogP) is 3.40. The average molecular weight is 229 g/mol. The molecule has 1 aromatic rings. The molecule has 1 unspecified atom stereocenters. The van der Waals surface area contributed by atoms with Crippen LogP contribution < -0.4 is 4.74 Å². The highest BCUT2D eigenvalue weighted by Gasteiger charge is 2.07. The van der Waals surface area contributed by atoms with Gasteiger partial charge in [-0.25, -0.2) is 0 Å². The van der Waals surface area contributed by atoms with Gasteiger partial charge in [-0.1, -0.05) is 24.9 Å². The van der Waals surface area contributed by atoms with Gasteiger partial charge in [-0.3, -0.25) is 0 Å². The molecule has 1 N–H and O–H groups in total. The Bertz CT molecular complexity index is 312. The van der Waals surface area contributed by atoms with Crippen molar-refractivity contribution in [3.63, 3.8) is 0 Å². The number of benzene rings is 1. The van der Waals surface area contributed by atoms with E-state index in [-0.39, 0.29) is 12.7 Å². The highest BCUT2D eigenvalue weighted by Crippen LogP contribution is 2.24. The first kappa shape index (κ1) is 12.3. The van der Waals surface area contributed by atoms with Crippen LogP contribution in [0.15, 0.2) is 18.2 Å². The van der Waals surface area contributed by atoms with Crippen molar-refractivity contribution >= 4 is 11.6 Å². The lowest BCUT2D eigenvalue weighted by Gasteiger charge is -2.16. The lowest BCUT2D eigenvalue weighted by Crippen LogP contribution is -2.12. The maximum absolute atomic E-state index is 9.15. The number of hydrogen-bond acceptors (Lipinski definition) is 2. The Morgan fingerprint density at radius 3 is 2.80 bits per heavy atom. The molecule has 0 aliphatic heterocycles. The van der Waals surface area contributed by atoms with Gasteiger partial charge in [0.15, 0.2) is 0 Å². The Morgan fingerprint density at radius 1 is 1.47 bits per heavy atom. The molecule has 0 aliphatic rings. The van der Waals surface area contributed by atoms with Crippen molar-refractivity contribution in [2.24, 2.45) is 0 Å². The van der Waals surface area contributed by atoms with E-state index in [0.717, 1.165) is 24.2 Å². The molecule has 0 heterocycles. The van der Waals surface area contributed by atoms with Crippen LogP contribution >= 0.6 is 11.6 Å². The lowest BCUT2D eigenvalue weighted by atomic mass is 10.2. The molecule has 0 bridgehead atoms. The summed E-state index contributed by atoms with van der Waals surface area (Å²) >= 11 is 5.83. The zero-order valence-corrected chi connectivity index (χ0v) is 9.92. The summed E-state index contributed by atoms with van der Waals surface area (Å²) in [6.07, 6.45) is 2.26. The summed E-state index contributed by atoms with van der Waals surface area (Å²) in [5.41, 5.74) is 0.741. The van der Waals surface area contributed by atoms with Crippen LogP contribution in [-0.2, 0) is 6.61 Å². The molecule has 1 atom stereocenters. The minimum absolute atomic E-state index is 0.0469. The van der Waals surface area contributed by atoms with Gasteiger partial charge in [-0.05, 0) is 31.5 Å². The minimum Gasteiger partial charge on any atom is -0.490 e. The first-order chi connectivity index (χ1) is 7.17. The largest absolute Gasteiger partial charge is 0.490 e. The summed E-state index contributed by atoms with van der Waals surface area (Å²) in [4.78, 5) is 0. The van der Waals surface area contributed by atoms with E-state index in [1.54, 1.807) is 18.2 Å². The zero-order valence-electron chi connectivity index (χ0n) is 9.16. The molecule has 0 spiro atoms. The quantitative estimate of drug-likeness (QED) is 0.837. The van der Waals surface area contributed by atoms with E-state index in [2.05, 4.69) is 6.92 Å². The molecule has 84 valence electrons. The molecule has 3 heteroatoms. The Kier molecular flexibility index (Phi) is 4.92. The molecule has 2 nitrogen and oxygen atoms in total. The summed E-state index contributed by atoms with van der Waals surface area (Å²) in [7, 11) is 0.